The van der Waals surface area contributed by atoms with Gasteiger partial charge in [-0.05, 0) is 30.5 Å². The Morgan fingerprint density at radius 2 is 1.74 bits per heavy atom. The van der Waals surface area contributed by atoms with Crippen LogP contribution in [0.5, 0.6) is 0 Å². The van der Waals surface area contributed by atoms with Crippen LogP contribution in [0.1, 0.15) is 18.4 Å². The fraction of sp³-hybridized carbons (Fsp3) is 0.467. The predicted octanol–water partition coefficient (Wildman–Crippen LogP) is 2.96. The van der Waals surface area contributed by atoms with Gasteiger partial charge < -0.3 is 9.64 Å². The molecular weight excluding hydrogens is 313 g/mol. The van der Waals surface area contributed by atoms with E-state index in [1.165, 1.54) is 12.1 Å². The summed E-state index contributed by atoms with van der Waals surface area (Å²) in [5.41, 5.74) is 1.07. The van der Waals surface area contributed by atoms with Gasteiger partial charge in [0.15, 0.2) is 6.61 Å². The normalized spacial score (nSPS) is 14.7. The van der Waals surface area contributed by atoms with E-state index in [1.54, 1.807) is 17.0 Å². The van der Waals surface area contributed by atoms with Crippen molar-refractivity contribution in [2.45, 2.75) is 25.4 Å². The Morgan fingerprint density at radius 1 is 1.13 bits per heavy atom. The molecule has 0 radical (unpaired) electrons. The summed E-state index contributed by atoms with van der Waals surface area (Å²) in [6.45, 7) is -0.0751. The molecule has 23 heavy (non-hydrogen) atoms. The molecule has 2 amide bonds. The number of benzene rings is 1. The molecular formula is C15H17F3N2O3. The van der Waals surface area contributed by atoms with Crippen molar-refractivity contribution in [3.63, 3.8) is 0 Å². The molecule has 8 heteroatoms. The maximum Gasteiger partial charge on any atom is 0.422 e. The van der Waals surface area contributed by atoms with E-state index < -0.39 is 18.9 Å². The number of anilines is 1. The van der Waals surface area contributed by atoms with Crippen LogP contribution in [0.3, 0.4) is 0 Å². The predicted molar refractivity (Wildman–Crippen MR) is 77.0 cm³/mol. The molecule has 0 spiro atoms. The number of halogens is 3. The highest BCUT2D eigenvalue weighted by Crippen LogP contribution is 2.16. The molecule has 1 aromatic rings. The van der Waals surface area contributed by atoms with Crippen LogP contribution >= 0.6 is 0 Å². The third-order valence-electron chi connectivity index (χ3n) is 3.38. The maximum absolute atomic E-state index is 12.0. The third kappa shape index (κ3) is 5.80. The van der Waals surface area contributed by atoms with Gasteiger partial charge in [-0.15, -0.1) is 0 Å². The summed E-state index contributed by atoms with van der Waals surface area (Å²) in [7, 11) is 0. The second kappa shape index (κ2) is 7.34. The fourth-order valence-electron chi connectivity index (χ4n) is 2.26. The van der Waals surface area contributed by atoms with E-state index >= 15 is 0 Å². The first kappa shape index (κ1) is 17.1. The molecule has 0 aromatic heterocycles. The number of alkyl halides is 3. The number of hydrogen-bond donors (Lipinski definition) is 1. The lowest BCUT2D eigenvalue weighted by molar-refractivity contribution is -0.159. The van der Waals surface area contributed by atoms with Crippen molar-refractivity contribution in [2.75, 3.05) is 25.0 Å². The minimum Gasteiger partial charge on any atom is -0.440 e. The molecule has 0 bridgehead atoms. The number of amides is 2. The van der Waals surface area contributed by atoms with Gasteiger partial charge in [0.2, 0.25) is 5.91 Å². The number of likely N-dealkylation sites (tertiary alicyclic amines) is 1. The monoisotopic (exact) mass is 330 g/mol. The molecule has 2 rings (SSSR count). The van der Waals surface area contributed by atoms with E-state index in [-0.39, 0.29) is 12.3 Å². The highest BCUT2D eigenvalue weighted by atomic mass is 19.4. The molecule has 1 aromatic carbocycles. The quantitative estimate of drug-likeness (QED) is 0.923. The summed E-state index contributed by atoms with van der Waals surface area (Å²) < 4.78 is 39.8. The molecule has 126 valence electrons. The van der Waals surface area contributed by atoms with E-state index in [0.717, 1.165) is 31.5 Å². The number of nitrogens with zero attached hydrogens (tertiary/aromatic N) is 1. The van der Waals surface area contributed by atoms with Gasteiger partial charge in [-0.2, -0.15) is 13.2 Å². The van der Waals surface area contributed by atoms with Crippen LogP contribution in [0, 0.1) is 0 Å². The number of carbonyl (C=O) groups is 2. The number of rotatable bonds is 4. The molecule has 1 fully saturated rings. The first-order valence-corrected chi connectivity index (χ1v) is 7.21. The average molecular weight is 330 g/mol. The van der Waals surface area contributed by atoms with Crippen LogP contribution in [0.2, 0.25) is 0 Å². The van der Waals surface area contributed by atoms with Gasteiger partial charge >= 0.3 is 12.3 Å². The molecule has 1 heterocycles. The molecule has 1 aliphatic rings. The van der Waals surface area contributed by atoms with Crippen molar-refractivity contribution >= 4 is 17.7 Å². The van der Waals surface area contributed by atoms with E-state index in [4.69, 9.17) is 0 Å². The number of hydrogen-bond acceptors (Lipinski definition) is 3. The zero-order valence-corrected chi connectivity index (χ0v) is 12.4. The molecule has 1 aliphatic heterocycles. The van der Waals surface area contributed by atoms with Gasteiger partial charge in [0.1, 0.15) is 0 Å². The van der Waals surface area contributed by atoms with E-state index in [1.807, 2.05) is 0 Å². The van der Waals surface area contributed by atoms with Crippen LogP contribution < -0.4 is 5.32 Å². The number of ether oxygens (including phenoxy) is 1. The summed E-state index contributed by atoms with van der Waals surface area (Å²) in [5, 5.41) is 2.19. The third-order valence-corrected chi connectivity index (χ3v) is 3.38. The molecule has 0 unspecified atom stereocenters. The Hall–Kier alpha value is -2.25. The van der Waals surface area contributed by atoms with Gasteiger partial charge in [-0.1, -0.05) is 12.1 Å². The standard InChI is InChI=1S/C15H17F3N2O3/c16-15(17,18)10-23-14(22)19-12-5-3-11(4-6-12)9-13(21)20-7-1-2-8-20/h3-6H,1-2,7-10H2,(H,19,22). The summed E-state index contributed by atoms with van der Waals surface area (Å²) in [6, 6.07) is 6.32. The Morgan fingerprint density at radius 3 is 2.30 bits per heavy atom. The van der Waals surface area contributed by atoms with Crippen molar-refractivity contribution in [1.29, 1.82) is 0 Å². The lowest BCUT2D eigenvalue weighted by Crippen LogP contribution is -2.29. The molecule has 0 saturated carbocycles. The van der Waals surface area contributed by atoms with Crippen molar-refractivity contribution < 1.29 is 27.5 Å². The fourth-order valence-corrected chi connectivity index (χ4v) is 2.26. The summed E-state index contributed by atoms with van der Waals surface area (Å²) in [4.78, 5) is 25.0. The van der Waals surface area contributed by atoms with E-state index in [0.29, 0.717) is 5.69 Å². The SMILES string of the molecule is O=C(Nc1ccc(CC(=O)N2CCCC2)cc1)OCC(F)(F)F. The molecule has 5 nitrogen and oxygen atoms in total. The van der Waals surface area contributed by atoms with Gasteiger partial charge in [-0.3, -0.25) is 10.1 Å². The van der Waals surface area contributed by atoms with Crippen molar-refractivity contribution in [2.24, 2.45) is 0 Å². The first-order chi connectivity index (χ1) is 10.8. The van der Waals surface area contributed by atoms with Crippen LogP contribution in [0.4, 0.5) is 23.7 Å². The molecule has 0 atom stereocenters. The maximum atomic E-state index is 12.0. The van der Waals surface area contributed by atoms with Crippen LogP contribution in [0.15, 0.2) is 24.3 Å². The zero-order valence-electron chi connectivity index (χ0n) is 12.4. The molecule has 1 N–H and O–H groups in total. The minimum absolute atomic E-state index is 0.0489. The smallest absolute Gasteiger partial charge is 0.422 e. The number of nitrogens with one attached hydrogen (secondary N) is 1. The summed E-state index contributed by atoms with van der Waals surface area (Å²) >= 11 is 0. The largest absolute Gasteiger partial charge is 0.440 e. The average Bonchev–Trinajstić information content (AvgIpc) is 3.01. The van der Waals surface area contributed by atoms with E-state index in [9.17, 15) is 22.8 Å². The Kier molecular flexibility index (Phi) is 5.46. The lowest BCUT2D eigenvalue weighted by Gasteiger charge is -2.15. The highest BCUT2D eigenvalue weighted by molar-refractivity contribution is 5.85. The second-order valence-corrected chi connectivity index (χ2v) is 5.28. The molecule has 1 saturated heterocycles. The van der Waals surface area contributed by atoms with Crippen LogP contribution in [-0.2, 0) is 16.0 Å². The number of carbonyl (C=O) groups excluding carboxylic acids is 2. The summed E-state index contributed by atoms with van der Waals surface area (Å²) in [6.07, 6.45) is -3.43. The summed E-state index contributed by atoms with van der Waals surface area (Å²) in [5.74, 6) is 0.0489. The second-order valence-electron chi connectivity index (χ2n) is 5.28. The van der Waals surface area contributed by atoms with Crippen LogP contribution in [0.25, 0.3) is 0 Å². The van der Waals surface area contributed by atoms with E-state index in [2.05, 4.69) is 10.1 Å². The van der Waals surface area contributed by atoms with Gasteiger partial charge in [-0.25, -0.2) is 4.79 Å². The highest BCUT2D eigenvalue weighted by Gasteiger charge is 2.29. The van der Waals surface area contributed by atoms with Crippen molar-refractivity contribution in [1.82, 2.24) is 4.90 Å². The Bertz CT molecular complexity index is 552. The topological polar surface area (TPSA) is 58.6 Å². The van der Waals surface area contributed by atoms with Gasteiger partial charge in [0, 0.05) is 18.8 Å². The lowest BCUT2D eigenvalue weighted by atomic mass is 10.1. The van der Waals surface area contributed by atoms with Crippen molar-refractivity contribution in [3.05, 3.63) is 29.8 Å². The van der Waals surface area contributed by atoms with Gasteiger partial charge in [0.05, 0.1) is 6.42 Å². The first-order valence-electron chi connectivity index (χ1n) is 7.21. The minimum atomic E-state index is -4.56. The van der Waals surface area contributed by atoms with Crippen molar-refractivity contribution in [3.8, 4) is 0 Å². The van der Waals surface area contributed by atoms with Crippen LogP contribution in [-0.4, -0.2) is 42.8 Å². The zero-order chi connectivity index (χ0) is 16.9. The van der Waals surface area contributed by atoms with Gasteiger partial charge in [0.25, 0.3) is 0 Å². The Balaban J connectivity index is 1.82. The molecule has 0 aliphatic carbocycles. The Labute approximate surface area is 131 Å².